The van der Waals surface area contributed by atoms with Crippen molar-refractivity contribution in [1.29, 1.82) is 0 Å². The zero-order chi connectivity index (χ0) is 42.2. The van der Waals surface area contributed by atoms with Gasteiger partial charge in [-0.15, -0.1) is 11.3 Å². The van der Waals surface area contributed by atoms with Crippen LogP contribution in [0.3, 0.4) is 0 Å². The Kier molecular flexibility index (Phi) is 7.51. The van der Waals surface area contributed by atoms with Gasteiger partial charge in [-0.05, 0) is 87.0 Å². The Labute approximate surface area is 369 Å². The number of benzene rings is 8. The monoisotopic (exact) mass is 828 g/mol. The normalized spacial score (nSPS) is 14.3. The first-order chi connectivity index (χ1) is 30.7. The minimum absolute atomic E-state index is 0.125. The number of thiophene rings is 1. The molecular weight excluding hydrogens is 789 g/mol. The molecule has 0 aliphatic heterocycles. The van der Waals surface area contributed by atoms with E-state index in [0.29, 0.717) is 17.6 Å². The lowest BCUT2D eigenvalue weighted by Gasteiger charge is -2.25. The molecule has 3 aromatic heterocycles. The molecule has 0 unspecified atom stereocenters. The van der Waals surface area contributed by atoms with E-state index in [9.17, 15) is 0 Å². The third-order valence-corrected chi connectivity index (χ3v) is 15.0. The molecule has 13 rings (SSSR count). The molecule has 0 atom stereocenters. The summed E-state index contributed by atoms with van der Waals surface area (Å²) in [7, 11) is 0. The quantitative estimate of drug-likeness (QED) is 0.173. The second kappa shape index (κ2) is 13.1. The van der Waals surface area contributed by atoms with Gasteiger partial charge in [-0.25, -0.2) is 4.98 Å². The molecule has 8 aromatic carbocycles. The van der Waals surface area contributed by atoms with Crippen LogP contribution in [0.25, 0.3) is 87.1 Å². The van der Waals surface area contributed by atoms with Gasteiger partial charge in [-0.3, -0.25) is 4.90 Å². The number of nitrogens with zero attached hydrogens (tertiary/aromatic N) is 4. The van der Waals surface area contributed by atoms with Crippen molar-refractivity contribution in [3.8, 4) is 45.0 Å². The van der Waals surface area contributed by atoms with Gasteiger partial charge in [0.05, 0.1) is 21.5 Å². The Balaban J connectivity index is 1.11. The van der Waals surface area contributed by atoms with Crippen molar-refractivity contribution in [2.24, 2.45) is 0 Å². The van der Waals surface area contributed by atoms with Gasteiger partial charge in [0.15, 0.2) is 11.6 Å². The highest BCUT2D eigenvalue weighted by molar-refractivity contribution is 7.26. The van der Waals surface area contributed by atoms with Crippen LogP contribution >= 0.6 is 11.3 Å². The van der Waals surface area contributed by atoms with Gasteiger partial charge >= 0.3 is 0 Å². The molecule has 0 fully saturated rings. The minimum atomic E-state index is -0.193. The molecule has 5 nitrogen and oxygen atoms in total. The van der Waals surface area contributed by atoms with E-state index in [1.54, 1.807) is 11.3 Å². The highest BCUT2D eigenvalue weighted by Gasteiger charge is 2.37. The maximum atomic E-state index is 6.54. The Morgan fingerprint density at radius 3 is 1.83 bits per heavy atom. The Hall–Kier alpha value is -7.41. The summed E-state index contributed by atoms with van der Waals surface area (Å²) in [5, 5.41) is 4.46. The van der Waals surface area contributed by atoms with Crippen LogP contribution in [0.4, 0.5) is 17.3 Å². The SMILES string of the molecule is CC1(C)c2ccccc2-c2cc(-c3nc(-c4ccc5c(c4)C(C)(C)c4ccccc4-5)nc(N(c4cccc5c4sc4ccccc45)c4cccc5oc6ccccc6c45)n3)ccc21. The summed E-state index contributed by atoms with van der Waals surface area (Å²) in [5.41, 5.74) is 15.4. The first-order valence-electron chi connectivity index (χ1n) is 21.6. The summed E-state index contributed by atoms with van der Waals surface area (Å²) < 4.78 is 8.92. The van der Waals surface area contributed by atoms with Gasteiger partial charge in [0, 0.05) is 42.8 Å². The predicted molar refractivity (Wildman–Crippen MR) is 261 cm³/mol. The average molecular weight is 829 g/mol. The van der Waals surface area contributed by atoms with Crippen molar-refractivity contribution >= 4 is 70.8 Å². The van der Waals surface area contributed by atoms with Crippen molar-refractivity contribution in [3.05, 3.63) is 192 Å². The van der Waals surface area contributed by atoms with E-state index in [2.05, 4.69) is 190 Å². The fourth-order valence-corrected chi connectivity index (χ4v) is 11.8. The fraction of sp³-hybridized carbons (Fsp3) is 0.105. The number of fused-ring (bicyclic) bond motifs is 12. The molecule has 0 radical (unpaired) electrons. The molecule has 0 saturated carbocycles. The Morgan fingerprint density at radius 1 is 0.444 bits per heavy atom. The van der Waals surface area contributed by atoms with Crippen LogP contribution in [0.15, 0.2) is 174 Å². The van der Waals surface area contributed by atoms with Crippen molar-refractivity contribution in [1.82, 2.24) is 15.0 Å². The smallest absolute Gasteiger partial charge is 0.238 e. The number of anilines is 3. The standard InChI is InChI=1S/C57H40N4OS/c1-56(2)43-21-10-6-16-36(43)41-31-33(28-30-44(41)56)53-58-54(34-27-29-37-35-15-5-9-20-42(35)57(3,4)45(37)32-34)60-55(59-53)61(46-22-14-25-49-51(46)40-18-7-11-24-48(40)62-49)47-23-13-19-39-38-17-8-12-26-50(38)63-52(39)47/h5-32H,1-4H3. The molecule has 0 N–H and O–H groups in total. The van der Waals surface area contributed by atoms with Crippen LogP contribution in [-0.4, -0.2) is 15.0 Å². The number of furan rings is 1. The highest BCUT2D eigenvalue weighted by Crippen LogP contribution is 2.52. The molecule has 3 heterocycles. The van der Waals surface area contributed by atoms with Gasteiger partial charge < -0.3 is 4.42 Å². The van der Waals surface area contributed by atoms with Crippen LogP contribution in [0, 0.1) is 0 Å². The largest absolute Gasteiger partial charge is 0.456 e. The average Bonchev–Trinajstić information content (AvgIpc) is 4.02. The summed E-state index contributed by atoms with van der Waals surface area (Å²) in [6.45, 7) is 9.27. The Bertz CT molecular complexity index is 3720. The van der Waals surface area contributed by atoms with Crippen LogP contribution in [0.1, 0.15) is 49.9 Å². The summed E-state index contributed by atoms with van der Waals surface area (Å²) in [5.74, 6) is 1.76. The number of rotatable bonds is 5. The molecule has 0 amide bonds. The molecule has 0 spiro atoms. The van der Waals surface area contributed by atoms with Gasteiger partial charge in [0.1, 0.15) is 11.2 Å². The highest BCUT2D eigenvalue weighted by atomic mass is 32.1. The van der Waals surface area contributed by atoms with Gasteiger partial charge in [0.25, 0.3) is 0 Å². The van der Waals surface area contributed by atoms with Crippen molar-refractivity contribution in [3.63, 3.8) is 0 Å². The van der Waals surface area contributed by atoms with Gasteiger partial charge in [-0.1, -0.05) is 155 Å². The maximum Gasteiger partial charge on any atom is 0.238 e. The van der Waals surface area contributed by atoms with Crippen molar-refractivity contribution < 1.29 is 4.42 Å². The number of hydrogen-bond acceptors (Lipinski definition) is 6. The molecule has 300 valence electrons. The van der Waals surface area contributed by atoms with E-state index >= 15 is 0 Å². The van der Waals surface area contributed by atoms with Crippen LogP contribution in [0.2, 0.25) is 0 Å². The topological polar surface area (TPSA) is 55.1 Å². The lowest BCUT2D eigenvalue weighted by Crippen LogP contribution is -2.16. The van der Waals surface area contributed by atoms with Crippen molar-refractivity contribution in [2.75, 3.05) is 4.90 Å². The maximum absolute atomic E-state index is 6.54. The van der Waals surface area contributed by atoms with E-state index in [-0.39, 0.29) is 10.8 Å². The van der Waals surface area contributed by atoms with E-state index in [4.69, 9.17) is 19.4 Å². The van der Waals surface area contributed by atoms with E-state index < -0.39 is 0 Å². The third kappa shape index (κ3) is 5.19. The zero-order valence-corrected chi connectivity index (χ0v) is 36.1. The number of aromatic nitrogens is 3. The summed E-state index contributed by atoms with van der Waals surface area (Å²) in [6, 6.07) is 60.9. The van der Waals surface area contributed by atoms with Crippen molar-refractivity contribution in [2.45, 2.75) is 38.5 Å². The van der Waals surface area contributed by atoms with E-state index in [1.807, 2.05) is 12.1 Å². The summed E-state index contributed by atoms with van der Waals surface area (Å²) in [6.07, 6.45) is 0. The van der Waals surface area contributed by atoms with Crippen LogP contribution in [0.5, 0.6) is 0 Å². The zero-order valence-electron chi connectivity index (χ0n) is 35.3. The number of hydrogen-bond donors (Lipinski definition) is 0. The molecule has 2 aliphatic carbocycles. The molecule has 0 saturated heterocycles. The molecule has 63 heavy (non-hydrogen) atoms. The predicted octanol–water partition coefficient (Wildman–Crippen LogP) is 15.6. The lowest BCUT2D eigenvalue weighted by atomic mass is 9.82. The fourth-order valence-electron chi connectivity index (χ4n) is 10.6. The molecule has 11 aromatic rings. The first kappa shape index (κ1) is 36.3. The third-order valence-electron chi connectivity index (χ3n) is 13.8. The molecule has 6 heteroatoms. The van der Waals surface area contributed by atoms with Crippen LogP contribution < -0.4 is 4.90 Å². The molecule has 0 bridgehead atoms. The summed E-state index contributed by atoms with van der Waals surface area (Å²) in [4.78, 5) is 18.8. The second-order valence-corrected chi connectivity index (χ2v) is 19.0. The minimum Gasteiger partial charge on any atom is -0.456 e. The second-order valence-electron chi connectivity index (χ2n) is 18.0. The Morgan fingerprint density at radius 2 is 1.02 bits per heavy atom. The van der Waals surface area contributed by atoms with E-state index in [1.165, 1.54) is 60.0 Å². The van der Waals surface area contributed by atoms with E-state index in [0.717, 1.165) is 49.1 Å². The van der Waals surface area contributed by atoms with Crippen LogP contribution in [-0.2, 0) is 10.8 Å². The van der Waals surface area contributed by atoms with Gasteiger partial charge in [-0.2, -0.15) is 9.97 Å². The number of para-hydroxylation sites is 1. The molecule has 2 aliphatic rings. The first-order valence-corrected chi connectivity index (χ1v) is 22.4. The molecular formula is C57H40N4OS. The lowest BCUT2D eigenvalue weighted by molar-refractivity contribution is 0.660. The van der Waals surface area contributed by atoms with Gasteiger partial charge in [0.2, 0.25) is 5.95 Å². The summed E-state index contributed by atoms with van der Waals surface area (Å²) >= 11 is 1.80.